The van der Waals surface area contributed by atoms with Crippen LogP contribution in [-0.2, 0) is 21.7 Å². The van der Waals surface area contributed by atoms with Crippen LogP contribution in [0.4, 0.5) is 5.69 Å². The summed E-state index contributed by atoms with van der Waals surface area (Å²) in [6.07, 6.45) is 3.15. The van der Waals surface area contributed by atoms with E-state index >= 15 is 9.59 Å². The zero-order chi connectivity index (χ0) is 34.2. The molecule has 9 nitrogen and oxygen atoms in total. The minimum absolute atomic E-state index is 0.112. The predicted molar refractivity (Wildman–Crippen MR) is 186 cm³/mol. The van der Waals surface area contributed by atoms with E-state index < -0.39 is 40.9 Å². The van der Waals surface area contributed by atoms with Gasteiger partial charge in [0, 0.05) is 23.3 Å². The number of hydrogen-bond donors (Lipinski definition) is 3. The molecule has 0 aromatic heterocycles. The lowest BCUT2D eigenvalue weighted by atomic mass is 9.60. The Bertz CT molecular complexity index is 1860. The summed E-state index contributed by atoms with van der Waals surface area (Å²) >= 11 is 6.48. The van der Waals surface area contributed by atoms with Crippen LogP contribution in [0.1, 0.15) is 53.6 Å². The summed E-state index contributed by atoms with van der Waals surface area (Å²) in [7, 11) is 1.51. The number of carbonyl (C=O) groups is 3. The Balaban J connectivity index is 1.50. The van der Waals surface area contributed by atoms with Gasteiger partial charge in [0.15, 0.2) is 23.0 Å². The van der Waals surface area contributed by atoms with E-state index in [1.54, 1.807) is 72.8 Å². The molecule has 3 N–H and O–H groups in total. The van der Waals surface area contributed by atoms with E-state index in [1.165, 1.54) is 12.0 Å². The van der Waals surface area contributed by atoms with Crippen LogP contribution in [0, 0.1) is 5.41 Å². The smallest absolute Gasteiger partial charge is 0.265 e. The summed E-state index contributed by atoms with van der Waals surface area (Å²) in [6, 6.07) is 27.4. The Morgan fingerprint density at radius 2 is 1.65 bits per heavy atom. The molecule has 0 bridgehead atoms. The van der Waals surface area contributed by atoms with Crippen LogP contribution in [0.2, 0.25) is 5.02 Å². The van der Waals surface area contributed by atoms with E-state index in [2.05, 4.69) is 10.6 Å². The van der Waals surface area contributed by atoms with Crippen molar-refractivity contribution in [3.8, 4) is 11.5 Å². The number of hydrogen-bond acceptors (Lipinski definition) is 7. The minimum Gasteiger partial charge on any atom is -0.497 e. The van der Waals surface area contributed by atoms with Crippen LogP contribution in [0.5, 0.6) is 11.5 Å². The van der Waals surface area contributed by atoms with Crippen LogP contribution >= 0.6 is 11.6 Å². The first kappa shape index (κ1) is 32.8. The summed E-state index contributed by atoms with van der Waals surface area (Å²) in [5, 5.41) is 20.2. The molecule has 0 radical (unpaired) electrons. The number of para-hydroxylation sites is 1. The lowest BCUT2D eigenvalue weighted by molar-refractivity contribution is -0.156. The Morgan fingerprint density at radius 1 is 0.939 bits per heavy atom. The Labute approximate surface area is 290 Å². The molecule has 4 aromatic carbocycles. The third kappa shape index (κ3) is 5.46. The van der Waals surface area contributed by atoms with Crippen molar-refractivity contribution in [1.29, 1.82) is 0 Å². The fraction of sp³-hybridized carbons (Fsp3) is 0.308. The number of benzene rings is 4. The molecular formula is C39H38ClN3O6. The molecule has 4 aromatic rings. The standard InChI is InChI=1S/C39H38ClN3O6/c1-48-30-21-19-26(20-22-30)39(47)37(46)43(29-16-10-13-27(40)23-29)33(35(45)42-28-14-6-3-7-15-28)38(39)34(44)31-17-8-9-18-32(31)49-36(38)41-24-25-11-4-2-5-12-25/h2,4-5,8-13,16-23,28,33,36,41,47H,3,6-7,14-15,24H2,1H3,(H,42,45)/t33-,36+,38+,39-/m1/s1. The average molecular weight is 680 g/mol. The highest BCUT2D eigenvalue weighted by molar-refractivity contribution is 6.31. The van der Waals surface area contributed by atoms with Crippen LogP contribution in [0.15, 0.2) is 103 Å². The molecule has 2 amide bonds. The van der Waals surface area contributed by atoms with Gasteiger partial charge in [-0.1, -0.05) is 91.5 Å². The van der Waals surface area contributed by atoms with Crippen molar-refractivity contribution in [2.24, 2.45) is 5.41 Å². The van der Waals surface area contributed by atoms with E-state index in [0.29, 0.717) is 10.8 Å². The van der Waals surface area contributed by atoms with Gasteiger partial charge < -0.3 is 19.9 Å². The number of fused-ring (bicyclic) bond motifs is 1. The molecule has 252 valence electrons. The number of nitrogens with zero attached hydrogens (tertiary/aromatic N) is 1. The van der Waals surface area contributed by atoms with Gasteiger partial charge in [-0.05, 0) is 66.4 Å². The van der Waals surface area contributed by atoms with Crippen molar-refractivity contribution in [2.45, 2.75) is 62.6 Å². The number of amides is 2. The first-order valence-corrected chi connectivity index (χ1v) is 17.0. The van der Waals surface area contributed by atoms with Crippen LogP contribution < -0.4 is 25.0 Å². The average Bonchev–Trinajstić information content (AvgIpc) is 3.34. The molecule has 7 rings (SSSR count). The van der Waals surface area contributed by atoms with Gasteiger partial charge in [0.2, 0.25) is 5.91 Å². The van der Waals surface area contributed by atoms with Crippen LogP contribution in [0.25, 0.3) is 0 Å². The van der Waals surface area contributed by atoms with Crippen molar-refractivity contribution in [3.63, 3.8) is 0 Å². The fourth-order valence-corrected chi connectivity index (χ4v) is 7.94. The maximum atomic E-state index is 15.5. The summed E-state index contributed by atoms with van der Waals surface area (Å²) in [5.74, 6) is -1.25. The van der Waals surface area contributed by atoms with Crippen molar-refractivity contribution in [3.05, 3.63) is 125 Å². The summed E-state index contributed by atoms with van der Waals surface area (Å²) in [6.45, 7) is 0.212. The van der Waals surface area contributed by atoms with Gasteiger partial charge >= 0.3 is 0 Å². The van der Waals surface area contributed by atoms with E-state index in [4.69, 9.17) is 21.1 Å². The molecule has 3 aliphatic rings. The van der Waals surface area contributed by atoms with E-state index in [1.807, 2.05) is 30.3 Å². The van der Waals surface area contributed by atoms with Crippen molar-refractivity contribution in [2.75, 3.05) is 12.0 Å². The Morgan fingerprint density at radius 3 is 2.37 bits per heavy atom. The number of Topliss-reactive ketones (excluding diaryl/α,β-unsaturated/α-hetero) is 1. The molecule has 2 fully saturated rings. The van der Waals surface area contributed by atoms with Gasteiger partial charge in [-0.25, -0.2) is 0 Å². The molecule has 1 aliphatic carbocycles. The number of ketones is 1. The van der Waals surface area contributed by atoms with Crippen LogP contribution in [-0.4, -0.2) is 48.1 Å². The molecule has 49 heavy (non-hydrogen) atoms. The van der Waals surface area contributed by atoms with E-state index in [0.717, 1.165) is 37.7 Å². The number of halogens is 1. The number of carbonyl (C=O) groups excluding carboxylic acids is 3. The minimum atomic E-state index is -2.60. The molecule has 1 saturated heterocycles. The number of methoxy groups -OCH3 is 1. The van der Waals surface area contributed by atoms with Crippen molar-refractivity contribution < 1.29 is 29.0 Å². The topological polar surface area (TPSA) is 117 Å². The van der Waals surface area contributed by atoms with Crippen molar-refractivity contribution in [1.82, 2.24) is 10.6 Å². The molecule has 0 unspecified atom stereocenters. The second-order valence-electron chi connectivity index (χ2n) is 12.9. The number of ether oxygens (including phenoxy) is 2. The quantitative estimate of drug-likeness (QED) is 0.216. The molecular weight excluding hydrogens is 642 g/mol. The third-order valence-corrected chi connectivity index (χ3v) is 10.3. The van der Waals surface area contributed by atoms with Gasteiger partial charge in [0.25, 0.3) is 5.91 Å². The highest BCUT2D eigenvalue weighted by Gasteiger charge is 2.79. The molecule has 10 heteroatoms. The predicted octanol–water partition coefficient (Wildman–Crippen LogP) is 5.78. The maximum Gasteiger partial charge on any atom is 0.265 e. The van der Waals surface area contributed by atoms with E-state index in [9.17, 15) is 9.90 Å². The highest BCUT2D eigenvalue weighted by Crippen LogP contribution is 2.59. The zero-order valence-electron chi connectivity index (χ0n) is 27.1. The van der Waals surface area contributed by atoms with Gasteiger partial charge in [-0.3, -0.25) is 24.6 Å². The van der Waals surface area contributed by atoms with Gasteiger partial charge in [0.1, 0.15) is 17.5 Å². The fourth-order valence-electron chi connectivity index (χ4n) is 7.76. The summed E-state index contributed by atoms with van der Waals surface area (Å²) in [5.41, 5.74) is -3.43. The first-order valence-electron chi connectivity index (χ1n) is 16.6. The number of anilines is 1. The molecule has 2 aliphatic heterocycles. The largest absolute Gasteiger partial charge is 0.497 e. The monoisotopic (exact) mass is 679 g/mol. The molecule has 1 saturated carbocycles. The first-order chi connectivity index (χ1) is 23.8. The SMILES string of the molecule is COc1ccc([C@@]2(O)C(=O)N(c3cccc(Cl)c3)[C@H](C(=O)NC3CCCCC3)[C@@]23C(=O)c2ccccc2O[C@@H]3NCc2ccccc2)cc1. The van der Waals surface area contributed by atoms with Gasteiger partial charge in [0.05, 0.1) is 12.7 Å². The Hall–Kier alpha value is -4.70. The Kier molecular flexibility index (Phi) is 8.92. The third-order valence-electron chi connectivity index (χ3n) is 10.1. The molecule has 2 heterocycles. The highest BCUT2D eigenvalue weighted by atomic mass is 35.5. The molecule has 1 spiro atoms. The van der Waals surface area contributed by atoms with Gasteiger partial charge in [-0.15, -0.1) is 0 Å². The normalized spacial score (nSPS) is 25.2. The second kappa shape index (κ2) is 13.3. The second-order valence-corrected chi connectivity index (χ2v) is 13.3. The van der Waals surface area contributed by atoms with E-state index in [-0.39, 0.29) is 35.2 Å². The van der Waals surface area contributed by atoms with Crippen molar-refractivity contribution >= 4 is 34.9 Å². The number of aliphatic hydroxyl groups is 1. The van der Waals surface area contributed by atoms with Crippen LogP contribution in [0.3, 0.4) is 0 Å². The molecule has 4 atom stereocenters. The van der Waals surface area contributed by atoms with Gasteiger partial charge in [-0.2, -0.15) is 0 Å². The zero-order valence-corrected chi connectivity index (χ0v) is 27.9. The lowest BCUT2D eigenvalue weighted by Gasteiger charge is -2.49. The lowest BCUT2D eigenvalue weighted by Crippen LogP contribution is -2.71. The number of rotatable bonds is 8. The maximum absolute atomic E-state index is 15.5. The summed E-state index contributed by atoms with van der Waals surface area (Å²) < 4.78 is 12.0. The number of nitrogens with one attached hydrogen (secondary N) is 2. The summed E-state index contributed by atoms with van der Waals surface area (Å²) in [4.78, 5) is 46.9.